The summed E-state index contributed by atoms with van der Waals surface area (Å²) in [5.41, 5.74) is 0.204. The average Bonchev–Trinajstić information content (AvgIpc) is 3.19. The van der Waals surface area contributed by atoms with Crippen LogP contribution in [0, 0.1) is 6.92 Å². The van der Waals surface area contributed by atoms with E-state index in [0.29, 0.717) is 16.7 Å². The second kappa shape index (κ2) is 13.4. The molecule has 13 nitrogen and oxygen atoms in total. The number of carbonyl (C=O) groups is 4. The van der Waals surface area contributed by atoms with Gasteiger partial charge in [0.1, 0.15) is 36.5 Å². The SMILES string of the molecule is CC(=O)N[C@H]1[C@@H](OC(C)=O)[C@H](OC(C)=O)[C@@H](COC(C)=O)O[C@H]1Sc1nnc(COc2ccc(C)cc2)n1C. The van der Waals surface area contributed by atoms with Crippen molar-refractivity contribution >= 4 is 35.6 Å². The van der Waals surface area contributed by atoms with E-state index in [1.54, 1.807) is 11.6 Å². The first-order valence-corrected chi connectivity index (χ1v) is 13.0. The van der Waals surface area contributed by atoms with Gasteiger partial charge in [0.2, 0.25) is 5.91 Å². The topological polar surface area (TPSA) is 157 Å². The summed E-state index contributed by atoms with van der Waals surface area (Å²) in [4.78, 5) is 47.6. The first-order chi connectivity index (χ1) is 18.4. The zero-order valence-corrected chi connectivity index (χ0v) is 23.4. The highest BCUT2D eigenvalue weighted by Gasteiger charge is 2.51. The molecule has 0 saturated carbocycles. The molecule has 1 aromatic heterocycles. The lowest BCUT2D eigenvalue weighted by atomic mass is 9.97. The van der Waals surface area contributed by atoms with Gasteiger partial charge in [-0.25, -0.2) is 0 Å². The Labute approximate surface area is 229 Å². The van der Waals surface area contributed by atoms with Gasteiger partial charge in [-0.3, -0.25) is 19.2 Å². The molecule has 2 aromatic rings. The van der Waals surface area contributed by atoms with E-state index in [-0.39, 0.29) is 13.2 Å². The lowest BCUT2D eigenvalue weighted by Crippen LogP contribution is -2.65. The number of thioether (sulfide) groups is 1. The van der Waals surface area contributed by atoms with Crippen LogP contribution in [0.2, 0.25) is 0 Å². The number of benzene rings is 1. The van der Waals surface area contributed by atoms with Crippen molar-refractivity contribution in [1.82, 2.24) is 20.1 Å². The van der Waals surface area contributed by atoms with E-state index in [1.807, 2.05) is 31.2 Å². The highest BCUT2D eigenvalue weighted by molar-refractivity contribution is 7.99. The van der Waals surface area contributed by atoms with E-state index in [9.17, 15) is 19.2 Å². The molecule has 1 amide bonds. The molecule has 1 saturated heterocycles. The molecule has 1 aromatic carbocycles. The van der Waals surface area contributed by atoms with E-state index >= 15 is 0 Å². The summed E-state index contributed by atoms with van der Waals surface area (Å²) in [5, 5.41) is 11.6. The van der Waals surface area contributed by atoms with Crippen LogP contribution in [-0.2, 0) is 51.8 Å². The summed E-state index contributed by atoms with van der Waals surface area (Å²) < 4.78 is 29.8. The smallest absolute Gasteiger partial charge is 0.303 e. The maximum Gasteiger partial charge on any atom is 0.303 e. The maximum absolute atomic E-state index is 12.1. The van der Waals surface area contributed by atoms with Gasteiger partial charge in [-0.1, -0.05) is 29.5 Å². The molecule has 14 heteroatoms. The molecule has 1 aliphatic heterocycles. The van der Waals surface area contributed by atoms with E-state index in [0.717, 1.165) is 17.3 Å². The number of ether oxygens (including phenoxy) is 5. The fourth-order valence-electron chi connectivity index (χ4n) is 3.85. The summed E-state index contributed by atoms with van der Waals surface area (Å²) in [7, 11) is 1.74. The predicted octanol–water partition coefficient (Wildman–Crippen LogP) is 1.45. The monoisotopic (exact) mass is 564 g/mol. The predicted molar refractivity (Wildman–Crippen MR) is 136 cm³/mol. The fraction of sp³-hybridized carbons (Fsp3) is 0.520. The zero-order chi connectivity index (χ0) is 28.7. The third-order valence-electron chi connectivity index (χ3n) is 5.61. The summed E-state index contributed by atoms with van der Waals surface area (Å²) in [5.74, 6) is -1.16. The van der Waals surface area contributed by atoms with Gasteiger partial charge in [0, 0.05) is 34.7 Å². The standard InChI is InChI=1S/C25H32N4O9S/c1-13-7-9-18(10-8-13)35-12-20-27-28-25(29(20)6)39-24-21(26-14(2)30)23(37-17(5)33)22(36-16(4)32)19(38-24)11-34-15(3)31/h7-10,19,21-24H,11-12H2,1-6H3,(H,26,30)/t19-,21+,22-,23-,24+/m1/s1. The summed E-state index contributed by atoms with van der Waals surface area (Å²) in [6.07, 6.45) is -3.33. The molecule has 0 aliphatic carbocycles. The first kappa shape index (κ1) is 29.9. The maximum atomic E-state index is 12.1. The number of rotatable bonds is 10. The van der Waals surface area contributed by atoms with Crippen LogP contribution in [0.1, 0.15) is 39.1 Å². The average molecular weight is 565 g/mol. The summed E-state index contributed by atoms with van der Waals surface area (Å²) in [6.45, 7) is 6.73. The van der Waals surface area contributed by atoms with Crippen LogP contribution in [0.3, 0.4) is 0 Å². The Morgan fingerprint density at radius 1 is 0.974 bits per heavy atom. The van der Waals surface area contributed by atoms with Crippen molar-refractivity contribution in [2.45, 2.75) is 76.2 Å². The molecule has 1 fully saturated rings. The van der Waals surface area contributed by atoms with Crippen LogP contribution in [0.25, 0.3) is 0 Å². The van der Waals surface area contributed by atoms with E-state index in [2.05, 4.69) is 15.5 Å². The van der Waals surface area contributed by atoms with Gasteiger partial charge in [0.15, 0.2) is 23.2 Å². The Morgan fingerprint density at radius 3 is 2.21 bits per heavy atom. The van der Waals surface area contributed by atoms with Crippen molar-refractivity contribution in [3.8, 4) is 5.75 Å². The Hall–Kier alpha value is -3.65. The van der Waals surface area contributed by atoms with Gasteiger partial charge in [-0.2, -0.15) is 0 Å². The summed E-state index contributed by atoms with van der Waals surface area (Å²) >= 11 is 1.10. The molecule has 2 heterocycles. The van der Waals surface area contributed by atoms with Gasteiger partial charge in [-0.15, -0.1) is 10.2 Å². The minimum absolute atomic E-state index is 0.146. The second-order valence-electron chi connectivity index (χ2n) is 8.90. The fourth-order valence-corrected chi connectivity index (χ4v) is 4.98. The number of aryl methyl sites for hydroxylation is 1. The minimum atomic E-state index is -1.17. The number of hydrogen-bond acceptors (Lipinski definition) is 12. The van der Waals surface area contributed by atoms with Crippen LogP contribution >= 0.6 is 11.8 Å². The van der Waals surface area contributed by atoms with E-state index in [1.165, 1.54) is 27.7 Å². The Balaban J connectivity index is 1.88. The molecular weight excluding hydrogens is 532 g/mol. The molecule has 0 bridgehead atoms. The number of nitrogens with zero attached hydrogens (tertiary/aromatic N) is 3. The second-order valence-corrected chi connectivity index (χ2v) is 9.96. The molecule has 212 valence electrons. The highest BCUT2D eigenvalue weighted by Crippen LogP contribution is 2.35. The van der Waals surface area contributed by atoms with Crippen LogP contribution < -0.4 is 10.1 Å². The van der Waals surface area contributed by atoms with Crippen molar-refractivity contribution in [3.05, 3.63) is 35.7 Å². The lowest BCUT2D eigenvalue weighted by Gasteiger charge is -2.44. The Bertz CT molecular complexity index is 1190. The van der Waals surface area contributed by atoms with Gasteiger partial charge in [-0.05, 0) is 19.1 Å². The van der Waals surface area contributed by atoms with E-state index < -0.39 is 53.6 Å². The Kier molecular flexibility index (Phi) is 10.3. The minimum Gasteiger partial charge on any atom is -0.486 e. The normalized spacial score (nSPS) is 22.5. The molecule has 0 unspecified atom stereocenters. The number of hydrogen-bond donors (Lipinski definition) is 1. The van der Waals surface area contributed by atoms with Crippen molar-refractivity contribution in [1.29, 1.82) is 0 Å². The van der Waals surface area contributed by atoms with Crippen molar-refractivity contribution in [3.63, 3.8) is 0 Å². The largest absolute Gasteiger partial charge is 0.486 e. The highest BCUT2D eigenvalue weighted by atomic mass is 32.2. The van der Waals surface area contributed by atoms with Crippen LogP contribution in [0.15, 0.2) is 29.4 Å². The molecule has 3 rings (SSSR count). The molecule has 39 heavy (non-hydrogen) atoms. The van der Waals surface area contributed by atoms with Crippen molar-refractivity contribution in [2.75, 3.05) is 6.61 Å². The molecular formula is C25H32N4O9S. The molecule has 0 radical (unpaired) electrons. The molecule has 1 aliphatic rings. The molecule has 0 spiro atoms. The number of aromatic nitrogens is 3. The zero-order valence-electron chi connectivity index (χ0n) is 22.5. The van der Waals surface area contributed by atoms with Crippen LogP contribution in [0.5, 0.6) is 5.75 Å². The number of carbonyl (C=O) groups excluding carboxylic acids is 4. The lowest BCUT2D eigenvalue weighted by molar-refractivity contribution is -0.211. The van der Waals surface area contributed by atoms with Crippen molar-refractivity contribution in [2.24, 2.45) is 7.05 Å². The number of esters is 3. The van der Waals surface area contributed by atoms with Crippen LogP contribution in [-0.4, -0.2) is 75.0 Å². The number of amides is 1. The van der Waals surface area contributed by atoms with Gasteiger partial charge in [0.05, 0.1) is 0 Å². The molecule has 5 atom stereocenters. The van der Waals surface area contributed by atoms with Crippen LogP contribution in [0.4, 0.5) is 0 Å². The third kappa shape index (κ3) is 8.42. The van der Waals surface area contributed by atoms with Gasteiger partial charge >= 0.3 is 17.9 Å². The van der Waals surface area contributed by atoms with Gasteiger partial charge in [0.25, 0.3) is 0 Å². The summed E-state index contributed by atoms with van der Waals surface area (Å²) in [6, 6.07) is 6.62. The number of nitrogens with one attached hydrogen (secondary N) is 1. The van der Waals surface area contributed by atoms with Gasteiger partial charge < -0.3 is 33.6 Å². The third-order valence-corrected chi connectivity index (χ3v) is 6.81. The quantitative estimate of drug-likeness (QED) is 0.328. The van der Waals surface area contributed by atoms with E-state index in [4.69, 9.17) is 23.7 Å². The Morgan fingerprint density at radius 2 is 1.62 bits per heavy atom. The van der Waals surface area contributed by atoms with Crippen molar-refractivity contribution < 1.29 is 42.9 Å². The molecule has 1 N–H and O–H groups in total. The first-order valence-electron chi connectivity index (χ1n) is 12.1.